The third kappa shape index (κ3) is 11.5. The Bertz CT molecular complexity index is 1530. The van der Waals surface area contributed by atoms with Crippen molar-refractivity contribution in [2.45, 2.75) is 90.7 Å². The molecular weight excluding hydrogens is 740 g/mol. The highest BCUT2D eigenvalue weighted by Crippen LogP contribution is 2.37. The number of ether oxygens (including phenoxy) is 2. The first-order valence-electron chi connectivity index (χ1n) is 17.5. The molecule has 4 rings (SSSR count). The van der Waals surface area contributed by atoms with Crippen LogP contribution < -0.4 is 5.32 Å². The van der Waals surface area contributed by atoms with Gasteiger partial charge in [-0.25, -0.2) is 9.97 Å². The van der Waals surface area contributed by atoms with E-state index in [4.69, 9.17) is 9.47 Å². The monoisotopic (exact) mass is 789 g/mol. The lowest BCUT2D eigenvalue weighted by Gasteiger charge is -2.40. The summed E-state index contributed by atoms with van der Waals surface area (Å²) in [4.78, 5) is 65.3. The van der Waals surface area contributed by atoms with Gasteiger partial charge in [-0.1, -0.05) is 27.7 Å². The fourth-order valence-corrected chi connectivity index (χ4v) is 9.24. The molecule has 290 valence electrons. The van der Waals surface area contributed by atoms with E-state index in [-0.39, 0.29) is 71.5 Å². The largest absolute Gasteiger partial charge is 0.455 e. The maximum Gasteiger partial charge on any atom is 0.434 e. The highest BCUT2D eigenvalue weighted by molar-refractivity contribution is 8.00. The van der Waals surface area contributed by atoms with Crippen molar-refractivity contribution in [1.29, 1.82) is 0 Å². The van der Waals surface area contributed by atoms with Crippen LogP contribution in [0.4, 0.5) is 13.2 Å². The Kier molecular flexibility index (Phi) is 15.1. The van der Waals surface area contributed by atoms with Crippen LogP contribution in [0, 0.1) is 23.7 Å². The number of thioether (sulfide) groups is 1. The van der Waals surface area contributed by atoms with Gasteiger partial charge < -0.3 is 19.7 Å². The molecule has 2 saturated heterocycles. The van der Waals surface area contributed by atoms with Crippen LogP contribution in [0.25, 0.3) is 0 Å². The van der Waals surface area contributed by atoms with Crippen LogP contribution in [-0.4, -0.2) is 107 Å². The van der Waals surface area contributed by atoms with Crippen molar-refractivity contribution >= 4 is 58.0 Å². The minimum absolute atomic E-state index is 0.00771. The third-order valence-electron chi connectivity index (χ3n) is 9.50. The van der Waals surface area contributed by atoms with E-state index in [0.29, 0.717) is 31.2 Å². The van der Waals surface area contributed by atoms with Gasteiger partial charge in [0, 0.05) is 68.5 Å². The third-order valence-corrected chi connectivity index (χ3v) is 12.6. The topological polar surface area (TPSA) is 131 Å². The lowest BCUT2D eigenvalue weighted by Crippen LogP contribution is -2.51. The quantitative estimate of drug-likeness (QED) is 0.198. The molecule has 0 aromatic carbocycles. The number of likely N-dealkylation sites (N-methyl/N-ethyl adjacent to an activating group) is 1. The molecule has 2 aromatic heterocycles. The Morgan fingerprint density at radius 3 is 2.37 bits per heavy atom. The maximum absolute atomic E-state index is 14.2. The number of morpholine rings is 1. The lowest BCUT2D eigenvalue weighted by molar-refractivity contribution is -0.149. The first-order chi connectivity index (χ1) is 24.4. The summed E-state index contributed by atoms with van der Waals surface area (Å²) in [6.07, 6.45) is -4.43. The van der Waals surface area contributed by atoms with Crippen molar-refractivity contribution in [3.63, 3.8) is 0 Å². The van der Waals surface area contributed by atoms with Crippen LogP contribution in [0.15, 0.2) is 10.8 Å². The number of aromatic nitrogens is 2. The minimum Gasteiger partial charge on any atom is -0.455 e. The molecule has 2 fully saturated rings. The van der Waals surface area contributed by atoms with Gasteiger partial charge in [0.15, 0.2) is 17.6 Å². The molecule has 4 heterocycles. The van der Waals surface area contributed by atoms with Crippen LogP contribution in [0.5, 0.6) is 0 Å². The van der Waals surface area contributed by atoms with Gasteiger partial charge in [-0.2, -0.15) is 24.9 Å². The molecule has 52 heavy (non-hydrogen) atoms. The van der Waals surface area contributed by atoms with Crippen molar-refractivity contribution < 1.29 is 41.8 Å². The summed E-state index contributed by atoms with van der Waals surface area (Å²) < 4.78 is 50.7. The van der Waals surface area contributed by atoms with Gasteiger partial charge in [0.2, 0.25) is 5.91 Å². The lowest BCUT2D eigenvalue weighted by atomic mass is 9.85. The molecule has 2 aliphatic rings. The van der Waals surface area contributed by atoms with E-state index in [1.807, 2.05) is 39.6 Å². The summed E-state index contributed by atoms with van der Waals surface area (Å²) in [6, 6.07) is -1.26. The Hall–Kier alpha value is -2.60. The molecule has 0 spiro atoms. The number of esters is 1. The fourth-order valence-electron chi connectivity index (χ4n) is 6.55. The van der Waals surface area contributed by atoms with Crippen LogP contribution in [-0.2, 0) is 36.5 Å². The van der Waals surface area contributed by atoms with Crippen LogP contribution in [0.2, 0.25) is 0 Å². The molecule has 11 nitrogen and oxygen atoms in total. The number of halogens is 3. The predicted octanol–water partition coefficient (Wildman–Crippen LogP) is 5.75. The number of carbonyl (C=O) groups excluding carboxylic acids is 4. The van der Waals surface area contributed by atoms with Gasteiger partial charge in [-0.3, -0.25) is 24.1 Å². The molecule has 0 bridgehead atoms. The van der Waals surface area contributed by atoms with Gasteiger partial charge in [0.1, 0.15) is 10.7 Å². The summed E-state index contributed by atoms with van der Waals surface area (Å²) in [5, 5.41) is 6.08. The number of thiazole rings is 2. The van der Waals surface area contributed by atoms with Crippen molar-refractivity contribution in [3.05, 3.63) is 32.2 Å². The maximum atomic E-state index is 14.2. The zero-order valence-corrected chi connectivity index (χ0v) is 33.2. The molecule has 2 aliphatic heterocycles. The van der Waals surface area contributed by atoms with Crippen LogP contribution in [0.3, 0.4) is 0 Å². The molecule has 17 heteroatoms. The summed E-state index contributed by atoms with van der Waals surface area (Å²) in [5.41, 5.74) is -0.868. The normalized spacial score (nSPS) is 19.5. The molecule has 0 saturated carbocycles. The highest BCUT2D eigenvalue weighted by Gasteiger charge is 2.41. The summed E-state index contributed by atoms with van der Waals surface area (Å²) in [6.45, 7) is 10.7. The van der Waals surface area contributed by atoms with Crippen molar-refractivity contribution in [2.24, 2.45) is 23.7 Å². The minimum atomic E-state index is -4.55. The summed E-state index contributed by atoms with van der Waals surface area (Å²) in [5.74, 6) is 0.101. The number of carbonyl (C=O) groups is 4. The van der Waals surface area contributed by atoms with E-state index >= 15 is 0 Å². The second-order valence-electron chi connectivity index (χ2n) is 14.4. The summed E-state index contributed by atoms with van der Waals surface area (Å²) >= 11 is 3.80. The zero-order valence-electron chi connectivity index (χ0n) is 30.7. The Labute approximate surface area is 315 Å². The van der Waals surface area contributed by atoms with Gasteiger partial charge >= 0.3 is 12.1 Å². The number of nitrogens with one attached hydrogen (secondary N) is 1. The van der Waals surface area contributed by atoms with E-state index in [2.05, 4.69) is 15.3 Å². The number of alkyl halides is 3. The second kappa shape index (κ2) is 18.6. The van der Waals surface area contributed by atoms with Crippen LogP contribution >= 0.6 is 34.4 Å². The summed E-state index contributed by atoms with van der Waals surface area (Å²) in [7, 11) is 3.63. The van der Waals surface area contributed by atoms with Gasteiger partial charge in [-0.15, -0.1) is 22.7 Å². The first kappa shape index (κ1) is 42.1. The molecular formula is C35H50F3N5O6S3. The van der Waals surface area contributed by atoms with Gasteiger partial charge in [0.05, 0.1) is 24.3 Å². The van der Waals surface area contributed by atoms with E-state index in [1.165, 1.54) is 6.92 Å². The molecule has 0 unspecified atom stereocenters. The van der Waals surface area contributed by atoms with Crippen molar-refractivity contribution in [2.75, 3.05) is 45.4 Å². The molecule has 1 N–H and O–H groups in total. The number of nitrogens with zero attached hydrogens (tertiary/aromatic N) is 4. The second-order valence-corrected chi connectivity index (χ2v) is 17.3. The molecule has 0 radical (unpaired) electrons. The van der Waals surface area contributed by atoms with E-state index in [1.54, 1.807) is 29.1 Å². The molecule has 5 atom stereocenters. The molecule has 2 aromatic rings. The number of hydrogen-bond acceptors (Lipinski definition) is 12. The van der Waals surface area contributed by atoms with E-state index in [0.717, 1.165) is 39.6 Å². The smallest absolute Gasteiger partial charge is 0.434 e. The number of Topliss-reactive ketones (excluding diaryl/α,β-unsaturated/α-hetero) is 1. The van der Waals surface area contributed by atoms with Crippen molar-refractivity contribution in [1.82, 2.24) is 25.1 Å². The Morgan fingerprint density at radius 1 is 1.10 bits per heavy atom. The van der Waals surface area contributed by atoms with Gasteiger partial charge in [0.25, 0.3) is 5.91 Å². The average Bonchev–Trinajstić information content (AvgIpc) is 3.71. The van der Waals surface area contributed by atoms with E-state index < -0.39 is 41.8 Å². The number of rotatable bonds is 17. The predicted molar refractivity (Wildman–Crippen MR) is 195 cm³/mol. The highest BCUT2D eigenvalue weighted by atomic mass is 32.2. The molecule has 0 aliphatic carbocycles. The first-order valence-corrected chi connectivity index (χ1v) is 20.5. The fraction of sp³-hybridized carbons (Fsp3) is 0.714. The van der Waals surface area contributed by atoms with Crippen molar-refractivity contribution in [3.8, 4) is 0 Å². The zero-order chi connectivity index (χ0) is 38.3. The number of hydrogen-bond donors (Lipinski definition) is 1. The number of ketones is 1. The van der Waals surface area contributed by atoms with E-state index in [9.17, 15) is 32.3 Å². The molecule has 2 amide bonds. The van der Waals surface area contributed by atoms with Gasteiger partial charge in [-0.05, 0) is 42.7 Å². The average molecular weight is 790 g/mol. The number of amides is 2. The Morgan fingerprint density at radius 2 is 1.81 bits per heavy atom. The Balaban J connectivity index is 1.49. The van der Waals surface area contributed by atoms with Crippen LogP contribution in [0.1, 0.15) is 86.2 Å². The SMILES string of the molecule is CC(=O)O[C@H](C[C@H](C(C)C)N(C)C(=O)[C@@H](CC(=O)[C@H]1COCCN1C)C1CSC1)c1nc(C(=O)N[C@@H](Cc2nc(C(F)(F)F)cs2)CC(C)C)cs1. The standard InChI is InChI=1S/C35H50F3N5O6S3/c1-19(2)10-23(11-31-41-30(18-51-31)35(36,37)38)39-32(46)25-17-52-33(40-25)29(49-21(5)44)13-26(20(3)4)43(7)34(47)24(22-15-50-16-22)12-28(45)27-14-48-9-8-42(27)6/h17-20,22-24,26-27,29H,8-16H2,1-7H3,(H,39,46)/t23-,24+,26-,27-,29-/m1/s1.